The van der Waals surface area contributed by atoms with Gasteiger partial charge in [-0.25, -0.2) is 14.4 Å². The summed E-state index contributed by atoms with van der Waals surface area (Å²) in [6.07, 6.45) is 1.53. The maximum atomic E-state index is 13.0. The lowest BCUT2D eigenvalue weighted by atomic mass is 10.0. The molecule has 1 aromatic carbocycles. The molecule has 2 rings (SSSR count). The zero-order valence-electron chi connectivity index (χ0n) is 12.2. The van der Waals surface area contributed by atoms with Crippen LogP contribution >= 0.6 is 0 Å². The summed E-state index contributed by atoms with van der Waals surface area (Å²) in [4.78, 5) is 10.6. The molecule has 0 aliphatic carbocycles. The third-order valence-electron chi connectivity index (χ3n) is 3.21. The molecule has 0 aliphatic heterocycles. The number of hydrogen-bond acceptors (Lipinski definition) is 4. The van der Waals surface area contributed by atoms with Gasteiger partial charge < -0.3 is 10.2 Å². The fourth-order valence-corrected chi connectivity index (χ4v) is 2.17. The highest BCUT2D eigenvalue weighted by atomic mass is 19.1. The molecule has 1 heterocycles. The molecule has 0 aliphatic rings. The van der Waals surface area contributed by atoms with Crippen LogP contribution in [0, 0.1) is 5.82 Å². The van der Waals surface area contributed by atoms with E-state index in [1.807, 2.05) is 19.0 Å². The van der Waals surface area contributed by atoms with E-state index in [1.54, 1.807) is 12.1 Å². The molecule has 1 N–H and O–H groups in total. The number of anilines is 3. The average Bonchev–Trinajstić information content (AvgIpc) is 2.46. The van der Waals surface area contributed by atoms with Gasteiger partial charge >= 0.3 is 0 Å². The van der Waals surface area contributed by atoms with E-state index < -0.39 is 0 Å². The normalized spacial score (nSPS) is 10.7. The molecule has 0 fully saturated rings. The SMILES string of the molecule is CNc1ncnc(N(C)c2ccc(F)cc2)c1C(C)C. The van der Waals surface area contributed by atoms with E-state index in [-0.39, 0.29) is 11.7 Å². The number of hydrogen-bond donors (Lipinski definition) is 1. The smallest absolute Gasteiger partial charge is 0.141 e. The molecule has 0 unspecified atom stereocenters. The standard InChI is InChI=1S/C15H19FN4/c1-10(2)13-14(17-3)18-9-19-15(13)20(4)12-7-5-11(16)6-8-12/h5-10H,1-4H3,(H,17,18,19). The minimum Gasteiger partial charge on any atom is -0.373 e. The van der Waals surface area contributed by atoms with Crippen molar-refractivity contribution in [2.24, 2.45) is 0 Å². The third-order valence-corrected chi connectivity index (χ3v) is 3.21. The first-order valence-electron chi connectivity index (χ1n) is 6.56. The van der Waals surface area contributed by atoms with Gasteiger partial charge in [-0.05, 0) is 30.2 Å². The summed E-state index contributed by atoms with van der Waals surface area (Å²) in [5.74, 6) is 1.67. The van der Waals surface area contributed by atoms with Crippen LogP contribution in [0.25, 0.3) is 0 Å². The summed E-state index contributed by atoms with van der Waals surface area (Å²) in [6, 6.07) is 6.36. The van der Waals surface area contributed by atoms with Crippen molar-refractivity contribution in [3.05, 3.63) is 42.0 Å². The van der Waals surface area contributed by atoms with Crippen molar-refractivity contribution in [1.82, 2.24) is 9.97 Å². The Morgan fingerprint density at radius 1 is 1.15 bits per heavy atom. The predicted octanol–water partition coefficient (Wildman–Crippen LogP) is 3.55. The molecule has 106 valence electrons. The first-order valence-corrected chi connectivity index (χ1v) is 6.56. The van der Waals surface area contributed by atoms with Gasteiger partial charge in [0.2, 0.25) is 0 Å². The number of benzene rings is 1. The van der Waals surface area contributed by atoms with Crippen molar-refractivity contribution in [2.75, 3.05) is 24.3 Å². The Morgan fingerprint density at radius 2 is 1.80 bits per heavy atom. The number of aromatic nitrogens is 2. The summed E-state index contributed by atoms with van der Waals surface area (Å²) >= 11 is 0. The second-order valence-electron chi connectivity index (χ2n) is 4.90. The molecule has 1 aromatic heterocycles. The Hall–Kier alpha value is -2.17. The van der Waals surface area contributed by atoms with Gasteiger partial charge in [-0.3, -0.25) is 0 Å². The van der Waals surface area contributed by atoms with Crippen LogP contribution in [0.3, 0.4) is 0 Å². The van der Waals surface area contributed by atoms with Crippen LogP contribution < -0.4 is 10.2 Å². The molecule has 0 bridgehead atoms. The lowest BCUT2D eigenvalue weighted by Crippen LogP contribution is -2.16. The van der Waals surface area contributed by atoms with E-state index in [0.29, 0.717) is 0 Å². The van der Waals surface area contributed by atoms with E-state index >= 15 is 0 Å². The van der Waals surface area contributed by atoms with Crippen LogP contribution in [0.1, 0.15) is 25.3 Å². The number of rotatable bonds is 4. The quantitative estimate of drug-likeness (QED) is 0.925. The number of halogens is 1. The van der Waals surface area contributed by atoms with Gasteiger partial charge in [0.05, 0.1) is 0 Å². The highest BCUT2D eigenvalue weighted by molar-refractivity contribution is 5.67. The molecule has 0 spiro atoms. The molecule has 0 atom stereocenters. The largest absolute Gasteiger partial charge is 0.373 e. The van der Waals surface area contributed by atoms with Crippen molar-refractivity contribution in [2.45, 2.75) is 19.8 Å². The highest BCUT2D eigenvalue weighted by Gasteiger charge is 2.18. The van der Waals surface area contributed by atoms with Crippen LogP contribution in [-0.2, 0) is 0 Å². The molecular weight excluding hydrogens is 255 g/mol. The van der Waals surface area contributed by atoms with Crippen molar-refractivity contribution in [1.29, 1.82) is 0 Å². The van der Waals surface area contributed by atoms with Crippen molar-refractivity contribution in [3.63, 3.8) is 0 Å². The Kier molecular flexibility index (Phi) is 4.17. The lowest BCUT2D eigenvalue weighted by molar-refractivity contribution is 0.628. The second kappa shape index (κ2) is 5.86. The van der Waals surface area contributed by atoms with Crippen molar-refractivity contribution < 1.29 is 4.39 Å². The highest BCUT2D eigenvalue weighted by Crippen LogP contribution is 2.33. The van der Waals surface area contributed by atoms with E-state index in [2.05, 4.69) is 29.1 Å². The van der Waals surface area contributed by atoms with E-state index in [0.717, 1.165) is 22.9 Å². The van der Waals surface area contributed by atoms with Gasteiger partial charge in [0, 0.05) is 25.3 Å². The minimum absolute atomic E-state index is 0.246. The van der Waals surface area contributed by atoms with Gasteiger partial charge in [0.25, 0.3) is 0 Å². The predicted molar refractivity (Wildman–Crippen MR) is 80.1 cm³/mol. The molecule has 4 nitrogen and oxygen atoms in total. The summed E-state index contributed by atoms with van der Waals surface area (Å²) in [6.45, 7) is 4.20. The van der Waals surface area contributed by atoms with Crippen molar-refractivity contribution in [3.8, 4) is 0 Å². The van der Waals surface area contributed by atoms with Gasteiger partial charge in [0.15, 0.2) is 0 Å². The maximum Gasteiger partial charge on any atom is 0.141 e. The summed E-state index contributed by atoms with van der Waals surface area (Å²) < 4.78 is 13.0. The molecule has 20 heavy (non-hydrogen) atoms. The molecular formula is C15H19FN4. The van der Waals surface area contributed by atoms with Gasteiger partial charge in [0.1, 0.15) is 23.8 Å². The molecule has 0 saturated heterocycles. The summed E-state index contributed by atoms with van der Waals surface area (Å²) in [5.41, 5.74) is 1.93. The van der Waals surface area contributed by atoms with Crippen LogP contribution in [0.5, 0.6) is 0 Å². The van der Waals surface area contributed by atoms with E-state index in [1.165, 1.54) is 18.5 Å². The van der Waals surface area contributed by atoms with Crippen LogP contribution in [0.2, 0.25) is 0 Å². The topological polar surface area (TPSA) is 41.1 Å². The van der Waals surface area contributed by atoms with Gasteiger partial charge in [-0.2, -0.15) is 0 Å². The lowest BCUT2D eigenvalue weighted by Gasteiger charge is -2.24. The fraction of sp³-hybridized carbons (Fsp3) is 0.333. The van der Waals surface area contributed by atoms with Crippen molar-refractivity contribution >= 4 is 17.3 Å². The minimum atomic E-state index is -0.246. The van der Waals surface area contributed by atoms with Crippen LogP contribution in [0.15, 0.2) is 30.6 Å². The third kappa shape index (κ3) is 2.71. The van der Waals surface area contributed by atoms with E-state index in [9.17, 15) is 4.39 Å². The summed E-state index contributed by atoms with van der Waals surface area (Å²) in [7, 11) is 3.76. The number of nitrogens with zero attached hydrogens (tertiary/aromatic N) is 3. The Balaban J connectivity index is 2.48. The Morgan fingerprint density at radius 3 is 2.35 bits per heavy atom. The Labute approximate surface area is 118 Å². The molecule has 5 heteroatoms. The maximum absolute atomic E-state index is 13.0. The Bertz CT molecular complexity index is 581. The summed E-state index contributed by atoms with van der Waals surface area (Å²) in [5, 5.41) is 3.09. The monoisotopic (exact) mass is 274 g/mol. The first-order chi connectivity index (χ1) is 9.54. The van der Waals surface area contributed by atoms with Crippen LogP contribution in [0.4, 0.5) is 21.7 Å². The second-order valence-corrected chi connectivity index (χ2v) is 4.90. The van der Waals surface area contributed by atoms with Gasteiger partial charge in [-0.15, -0.1) is 0 Å². The van der Waals surface area contributed by atoms with E-state index in [4.69, 9.17) is 0 Å². The molecule has 0 saturated carbocycles. The molecule has 0 radical (unpaired) electrons. The molecule has 2 aromatic rings. The first kappa shape index (κ1) is 14.2. The number of nitrogens with one attached hydrogen (secondary N) is 1. The fourth-order valence-electron chi connectivity index (χ4n) is 2.17. The van der Waals surface area contributed by atoms with Gasteiger partial charge in [-0.1, -0.05) is 13.8 Å². The molecule has 0 amide bonds. The zero-order chi connectivity index (χ0) is 14.7. The average molecular weight is 274 g/mol. The zero-order valence-corrected chi connectivity index (χ0v) is 12.2. The van der Waals surface area contributed by atoms with Crippen LogP contribution in [-0.4, -0.2) is 24.1 Å².